The van der Waals surface area contributed by atoms with Crippen molar-refractivity contribution < 1.29 is 66.1 Å². The van der Waals surface area contributed by atoms with Crippen LogP contribution in [0.2, 0.25) is 0 Å². The van der Waals surface area contributed by atoms with Gasteiger partial charge in [-0.1, -0.05) is 101 Å². The molecule has 0 bridgehead atoms. The van der Waals surface area contributed by atoms with E-state index in [4.69, 9.17) is 70.6 Å². The molecule has 0 aliphatic carbocycles. The van der Waals surface area contributed by atoms with Crippen LogP contribution in [0.15, 0.2) is 146 Å². The zero-order valence-corrected chi connectivity index (χ0v) is 50.2. The molecule has 17 nitrogen and oxygen atoms in total. The van der Waals surface area contributed by atoms with Crippen molar-refractivity contribution in [1.82, 2.24) is 13.0 Å². The molecule has 4 aliphatic heterocycles. The number of benzene rings is 6. The molecule has 4 fully saturated rings. The third-order valence-electron chi connectivity index (χ3n) is 14.1. The number of para-hydroxylation sites is 6. The van der Waals surface area contributed by atoms with Crippen molar-refractivity contribution in [3.05, 3.63) is 168 Å². The number of hydrogen-bond donors (Lipinski definition) is 0. The topological polar surface area (TPSA) is 165 Å². The number of rotatable bonds is 40. The molecule has 446 valence electrons. The first-order valence-corrected chi connectivity index (χ1v) is 32.7. The predicted molar refractivity (Wildman–Crippen MR) is 323 cm³/mol. The quantitative estimate of drug-likeness (QED) is 0.0263. The van der Waals surface area contributed by atoms with Gasteiger partial charge in [-0.3, -0.25) is 0 Å². The molecule has 11 rings (SSSR count). The predicted octanol–water partition coefficient (Wildman–Crippen LogP) is 14.3. The summed E-state index contributed by atoms with van der Waals surface area (Å²) in [4.78, 5) is 14.0. The first-order chi connectivity index (χ1) is 41.6. The smallest absolute Gasteiger partial charge is 0.319 e. The number of hydrogen-bond acceptors (Lipinski definition) is 15. The van der Waals surface area contributed by atoms with Crippen molar-refractivity contribution in [2.45, 2.75) is 101 Å². The Morgan fingerprint density at radius 3 is 1.31 bits per heavy atom. The van der Waals surface area contributed by atoms with E-state index in [9.17, 15) is 0 Å². The van der Waals surface area contributed by atoms with E-state index in [1.807, 2.05) is 121 Å². The van der Waals surface area contributed by atoms with Crippen molar-refractivity contribution in [3.63, 3.8) is 0 Å². The van der Waals surface area contributed by atoms with Crippen LogP contribution in [0.3, 0.4) is 0 Å². The molecule has 4 aliphatic rings. The molecule has 6 aromatic carbocycles. The van der Waals surface area contributed by atoms with E-state index in [0.717, 1.165) is 131 Å². The van der Waals surface area contributed by atoms with Crippen molar-refractivity contribution in [3.8, 4) is 46.0 Å². The van der Waals surface area contributed by atoms with Crippen LogP contribution in [0, 0.1) is 0 Å². The normalized spacial score (nSPS) is 17.9. The highest BCUT2D eigenvalue weighted by molar-refractivity contribution is 7.56. The maximum atomic E-state index is 7.31. The highest BCUT2D eigenvalue weighted by atomic mass is 31.2. The Morgan fingerprint density at radius 2 is 0.810 bits per heavy atom. The second kappa shape index (κ2) is 32.0. The Kier molecular flexibility index (Phi) is 22.8. The molecule has 84 heavy (non-hydrogen) atoms. The van der Waals surface area contributed by atoms with Gasteiger partial charge in [-0.15, -0.1) is 4.51 Å². The molecule has 0 radical (unpaired) electrons. The number of unbranched alkanes of at least 4 members (excludes halogenated alkanes) is 4. The van der Waals surface area contributed by atoms with Crippen LogP contribution >= 0.6 is 24.7 Å². The summed E-state index contributed by atoms with van der Waals surface area (Å²) in [6, 6.07) is 47.9. The zero-order valence-electron chi connectivity index (χ0n) is 47.5. The number of nitrogens with zero attached hydrogens (tertiary/aromatic N) is 3. The third kappa shape index (κ3) is 19.3. The number of aryl methyl sites for hydroxylation is 4. The van der Waals surface area contributed by atoms with E-state index in [2.05, 4.69) is 24.3 Å². The molecule has 20 heteroatoms. The van der Waals surface area contributed by atoms with Crippen molar-refractivity contribution in [2.24, 2.45) is 0 Å². The fourth-order valence-corrected chi connectivity index (χ4v) is 14.1. The maximum absolute atomic E-state index is 7.31. The van der Waals surface area contributed by atoms with E-state index < -0.39 is 16.2 Å². The fourth-order valence-electron chi connectivity index (χ4n) is 9.14. The lowest BCUT2D eigenvalue weighted by Gasteiger charge is -2.23. The van der Waals surface area contributed by atoms with Crippen molar-refractivity contribution in [1.29, 1.82) is 0 Å². The average Bonchev–Trinajstić information content (AvgIpc) is 4.48. The molecular formula is C64H76N3O14P3. The molecule has 0 amide bonds. The number of ether oxygens (including phenoxy) is 10. The summed E-state index contributed by atoms with van der Waals surface area (Å²) in [6.45, 7) is 8.36. The maximum Gasteiger partial charge on any atom is 0.319 e. The Morgan fingerprint density at radius 1 is 0.405 bits per heavy atom. The van der Waals surface area contributed by atoms with E-state index in [1.54, 1.807) is 8.51 Å². The van der Waals surface area contributed by atoms with E-state index in [0.29, 0.717) is 102 Å². The first-order valence-electron chi connectivity index (χ1n) is 29.6. The van der Waals surface area contributed by atoms with Crippen LogP contribution in [0.5, 0.6) is 46.0 Å². The molecule has 5 heterocycles. The van der Waals surface area contributed by atoms with E-state index >= 15 is 0 Å². The van der Waals surface area contributed by atoms with Gasteiger partial charge in [-0.25, -0.2) is 0 Å². The van der Waals surface area contributed by atoms with Gasteiger partial charge >= 0.3 is 16.2 Å². The third-order valence-corrected chi connectivity index (χ3v) is 18.8. The lowest BCUT2D eigenvalue weighted by atomic mass is 10.1. The second-order valence-electron chi connectivity index (χ2n) is 21.0. The van der Waals surface area contributed by atoms with Crippen molar-refractivity contribution >= 4 is 24.7 Å². The standard InChI is InChI=1S/C64H76N3O14P3/c1-2-29-53(30-3-1)78-67-83(65-82-66(79-60-33-10-6-23-51(60)27-14-18-39-70-43-56-47-74-56)84(67)81-61-34-11-7-24-52(61)28-15-19-40-71-44-57-48-75-57)80-63-36-20-35-62(76-58-31-8-4-21-49(58)25-12-16-37-68-41-54-45-72-54)64(63)77-59-32-9-5-22-50(59)26-13-17-38-69-42-55-46-73-55/h1-11,20-24,29-36,54-57H,12-19,25-28,37-48H2. The summed E-state index contributed by atoms with van der Waals surface area (Å²) in [5, 5.41) is 0. The highest BCUT2D eigenvalue weighted by Crippen LogP contribution is 2.49. The van der Waals surface area contributed by atoms with Crippen LogP contribution in [-0.4, -0.2) is 117 Å². The lowest BCUT2D eigenvalue weighted by molar-refractivity contribution is 0.113. The molecule has 0 saturated carbocycles. The van der Waals surface area contributed by atoms with Gasteiger partial charge < -0.3 is 66.1 Å². The molecular weight excluding hydrogens is 1130 g/mol. The van der Waals surface area contributed by atoms with Gasteiger partial charge in [0.05, 0.1) is 52.9 Å². The zero-order chi connectivity index (χ0) is 56.8. The Balaban J connectivity index is 0.931. The van der Waals surface area contributed by atoms with Gasteiger partial charge in [-0.2, -0.15) is 0 Å². The van der Waals surface area contributed by atoms with E-state index in [-0.39, 0.29) is 24.4 Å². The minimum Gasteiger partial charge on any atom is -0.453 e. The summed E-state index contributed by atoms with van der Waals surface area (Å²) in [6.07, 6.45) is 11.3. The van der Waals surface area contributed by atoms with Gasteiger partial charge in [-0.05, 0) is 152 Å². The molecule has 6 atom stereocenters. The minimum atomic E-state index is -2.05. The molecule has 7 aromatic rings. The van der Waals surface area contributed by atoms with E-state index in [1.165, 1.54) is 0 Å². The Hall–Kier alpha value is -5.90. The Labute approximate surface area is 496 Å². The van der Waals surface area contributed by atoms with Gasteiger partial charge in [0.1, 0.15) is 41.7 Å². The largest absolute Gasteiger partial charge is 0.453 e. The summed E-state index contributed by atoms with van der Waals surface area (Å²) in [5.41, 5.74) is 4.21. The van der Waals surface area contributed by atoms with Gasteiger partial charge in [0.2, 0.25) is 5.75 Å². The van der Waals surface area contributed by atoms with Crippen LogP contribution in [0.4, 0.5) is 0 Å². The molecule has 1 aromatic heterocycles. The minimum absolute atomic E-state index is 0.233. The van der Waals surface area contributed by atoms with Gasteiger partial charge in [0, 0.05) is 26.4 Å². The first kappa shape index (κ1) is 59.8. The number of epoxide rings is 4. The summed E-state index contributed by atoms with van der Waals surface area (Å²) >= 11 is 0. The SMILES string of the molecule is c1ccc(On2p(Oc3cccc(Oc4ccccc4CCCCOCC4CO4)c3Oc3ccccc3CCCCOCC3CO3)npn(Oc3ccccc3CCCCOCC3CO3)p2Oc2ccccc2CCCCOCC2CO2)cc1. The van der Waals surface area contributed by atoms with Crippen LogP contribution < -0.4 is 28.2 Å². The second-order valence-corrected chi connectivity index (χ2v) is 25.4. The summed E-state index contributed by atoms with van der Waals surface area (Å²) < 4.78 is 82.3. The monoisotopic (exact) mass is 1200 g/mol. The van der Waals surface area contributed by atoms with Crippen LogP contribution in [0.25, 0.3) is 0 Å². The lowest BCUT2D eigenvalue weighted by Crippen LogP contribution is -2.15. The van der Waals surface area contributed by atoms with Gasteiger partial charge in [0.15, 0.2) is 31.5 Å². The molecule has 6 unspecified atom stereocenters. The van der Waals surface area contributed by atoms with Crippen LogP contribution in [-0.2, 0) is 63.6 Å². The van der Waals surface area contributed by atoms with Gasteiger partial charge in [0.25, 0.3) is 0 Å². The number of aromatic nitrogens is 3. The molecule has 0 spiro atoms. The average molecular weight is 1200 g/mol. The molecule has 0 N–H and O–H groups in total. The fraction of sp³-hybridized carbons (Fsp3) is 0.438. The highest BCUT2D eigenvalue weighted by Gasteiger charge is 2.27. The summed E-state index contributed by atoms with van der Waals surface area (Å²) in [5.74, 6) is 4.62. The molecule has 4 saturated heterocycles. The van der Waals surface area contributed by atoms with Crippen LogP contribution in [0.1, 0.15) is 73.6 Å². The summed E-state index contributed by atoms with van der Waals surface area (Å²) in [7, 11) is -3.64. The van der Waals surface area contributed by atoms with Crippen molar-refractivity contribution in [2.75, 3.05) is 79.3 Å². The Bertz CT molecular complexity index is 3150.